The first-order valence-electron chi connectivity index (χ1n) is 11.6. The summed E-state index contributed by atoms with van der Waals surface area (Å²) in [6.07, 6.45) is -8.75. The molecule has 1 aliphatic heterocycles. The number of aryl methyl sites for hydroxylation is 1. The molecule has 0 saturated heterocycles. The van der Waals surface area contributed by atoms with E-state index >= 15 is 0 Å². The molecule has 0 N–H and O–H groups in total. The molecule has 0 aliphatic carbocycles. The van der Waals surface area contributed by atoms with Crippen molar-refractivity contribution >= 4 is 33.4 Å². The van der Waals surface area contributed by atoms with Crippen molar-refractivity contribution in [2.45, 2.75) is 31.7 Å². The van der Waals surface area contributed by atoms with Gasteiger partial charge in [0.2, 0.25) is 0 Å². The van der Waals surface area contributed by atoms with E-state index in [0.717, 1.165) is 21.7 Å². The van der Waals surface area contributed by atoms with E-state index in [4.69, 9.17) is 16.3 Å². The fraction of sp³-hybridized carbons (Fsp3) is 0.296. The zero-order chi connectivity index (χ0) is 27.7. The molecule has 4 rings (SSSR count). The molecular formula is C27H22BrClF6N2O. The Labute approximate surface area is 229 Å². The zero-order valence-corrected chi connectivity index (χ0v) is 22.4. The summed E-state index contributed by atoms with van der Waals surface area (Å²) in [7, 11) is 1.58. The fourth-order valence-corrected chi connectivity index (χ4v) is 5.15. The zero-order valence-electron chi connectivity index (χ0n) is 20.1. The molecule has 0 atom stereocenters. The van der Waals surface area contributed by atoms with Crippen molar-refractivity contribution in [1.29, 1.82) is 0 Å². The number of halogens is 8. The van der Waals surface area contributed by atoms with Gasteiger partial charge in [-0.25, -0.2) is 0 Å². The fourth-order valence-electron chi connectivity index (χ4n) is 4.48. The van der Waals surface area contributed by atoms with Gasteiger partial charge in [0.05, 0.1) is 24.8 Å². The third kappa shape index (κ3) is 6.29. The molecule has 1 aliphatic rings. The highest BCUT2D eigenvalue weighted by molar-refractivity contribution is 9.10. The summed E-state index contributed by atoms with van der Waals surface area (Å²) in [5, 5.41) is 0.483. The molecule has 0 amide bonds. The van der Waals surface area contributed by atoms with Crippen LogP contribution in [0.15, 0.2) is 64.1 Å². The summed E-state index contributed by atoms with van der Waals surface area (Å²) >= 11 is 10.0. The van der Waals surface area contributed by atoms with E-state index in [9.17, 15) is 26.3 Å². The van der Waals surface area contributed by atoms with Crippen molar-refractivity contribution in [3.05, 3.63) is 97.5 Å². The SMILES string of the molecule is COc1ccc(Br)cc1CCc1c(Cl)cccc1C1=NCCN1Cc1ccc(C(F)(F)F)cc1C(F)(F)F. The number of rotatable bonds is 7. The quantitative estimate of drug-likeness (QED) is 0.249. The topological polar surface area (TPSA) is 24.8 Å². The van der Waals surface area contributed by atoms with E-state index in [1.807, 2.05) is 18.2 Å². The number of benzene rings is 3. The van der Waals surface area contributed by atoms with Crippen LogP contribution >= 0.6 is 27.5 Å². The van der Waals surface area contributed by atoms with Crippen LogP contribution in [-0.4, -0.2) is 30.9 Å². The molecule has 11 heteroatoms. The molecule has 0 aromatic heterocycles. The van der Waals surface area contributed by atoms with Crippen LogP contribution in [-0.2, 0) is 31.7 Å². The highest BCUT2D eigenvalue weighted by Crippen LogP contribution is 2.38. The summed E-state index contributed by atoms with van der Waals surface area (Å²) in [6, 6.07) is 12.6. The van der Waals surface area contributed by atoms with Crippen molar-refractivity contribution in [2.24, 2.45) is 4.99 Å². The predicted octanol–water partition coefficient (Wildman–Crippen LogP) is 8.20. The Morgan fingerprint density at radius 3 is 2.39 bits per heavy atom. The molecular weight excluding hydrogens is 598 g/mol. The first-order chi connectivity index (χ1) is 17.9. The molecule has 0 unspecified atom stereocenters. The summed E-state index contributed by atoms with van der Waals surface area (Å²) in [4.78, 5) is 6.17. The average Bonchev–Trinajstić information content (AvgIpc) is 3.30. The van der Waals surface area contributed by atoms with E-state index in [0.29, 0.717) is 54.2 Å². The number of nitrogens with zero attached hydrogens (tertiary/aromatic N) is 2. The van der Waals surface area contributed by atoms with Gasteiger partial charge in [-0.05, 0) is 65.9 Å². The van der Waals surface area contributed by atoms with Crippen molar-refractivity contribution in [3.8, 4) is 5.75 Å². The molecule has 3 aromatic carbocycles. The summed E-state index contributed by atoms with van der Waals surface area (Å²) in [5.41, 5.74) is -0.537. The minimum Gasteiger partial charge on any atom is -0.496 e. The van der Waals surface area contributed by atoms with E-state index in [1.54, 1.807) is 30.2 Å². The lowest BCUT2D eigenvalue weighted by atomic mass is 9.97. The Morgan fingerprint density at radius 2 is 1.71 bits per heavy atom. The van der Waals surface area contributed by atoms with Crippen LogP contribution in [0.5, 0.6) is 5.75 Å². The lowest BCUT2D eigenvalue weighted by Gasteiger charge is -2.25. The van der Waals surface area contributed by atoms with E-state index < -0.39 is 23.5 Å². The van der Waals surface area contributed by atoms with Crippen LogP contribution in [0.3, 0.4) is 0 Å². The van der Waals surface area contributed by atoms with Crippen molar-refractivity contribution in [3.63, 3.8) is 0 Å². The van der Waals surface area contributed by atoms with E-state index in [-0.39, 0.29) is 18.2 Å². The second kappa shape index (κ2) is 11.2. The highest BCUT2D eigenvalue weighted by atomic mass is 79.9. The van der Waals surface area contributed by atoms with Gasteiger partial charge < -0.3 is 9.64 Å². The largest absolute Gasteiger partial charge is 0.496 e. The van der Waals surface area contributed by atoms with Gasteiger partial charge in [0, 0.05) is 28.1 Å². The molecule has 38 heavy (non-hydrogen) atoms. The van der Waals surface area contributed by atoms with Gasteiger partial charge >= 0.3 is 12.4 Å². The lowest BCUT2D eigenvalue weighted by molar-refractivity contribution is -0.143. The number of methoxy groups -OCH3 is 1. The molecule has 0 saturated carbocycles. The molecule has 0 spiro atoms. The lowest BCUT2D eigenvalue weighted by Crippen LogP contribution is -2.30. The smallest absolute Gasteiger partial charge is 0.416 e. The van der Waals surface area contributed by atoms with Crippen LogP contribution in [0.1, 0.15) is 33.4 Å². The molecule has 1 heterocycles. The second-order valence-electron chi connectivity index (χ2n) is 8.72. The number of aliphatic imine (C=N–C) groups is 1. The maximum absolute atomic E-state index is 13.7. The van der Waals surface area contributed by atoms with Gasteiger partial charge in [-0.3, -0.25) is 4.99 Å². The minimum absolute atomic E-state index is 0.165. The Bertz CT molecular complexity index is 1360. The summed E-state index contributed by atoms with van der Waals surface area (Å²) in [5.74, 6) is 1.17. The third-order valence-electron chi connectivity index (χ3n) is 6.28. The Hall–Kier alpha value is -2.72. The van der Waals surface area contributed by atoms with Gasteiger partial charge in [0.25, 0.3) is 0 Å². The van der Waals surface area contributed by atoms with Crippen LogP contribution in [0, 0.1) is 0 Å². The van der Waals surface area contributed by atoms with Crippen LogP contribution in [0.4, 0.5) is 26.3 Å². The van der Waals surface area contributed by atoms with Crippen LogP contribution < -0.4 is 4.74 Å². The summed E-state index contributed by atoms with van der Waals surface area (Å²) in [6.45, 7) is 0.402. The standard InChI is InChI=1S/C27H22BrClF6N2O/c1-38-24-10-8-19(28)13-16(24)6-9-20-21(3-2-4-23(20)29)25-36-11-12-37(25)15-17-5-7-18(26(30,31)32)14-22(17)27(33,34)35/h2-5,7-8,10,13-14H,6,9,11-12,15H2,1H3. The van der Waals surface area contributed by atoms with E-state index in [1.165, 1.54) is 0 Å². The highest BCUT2D eigenvalue weighted by Gasteiger charge is 2.38. The molecule has 0 bridgehead atoms. The van der Waals surface area contributed by atoms with Gasteiger partial charge in [-0.1, -0.05) is 45.7 Å². The van der Waals surface area contributed by atoms with Crippen LogP contribution in [0.2, 0.25) is 5.02 Å². The van der Waals surface area contributed by atoms with Gasteiger partial charge in [0.15, 0.2) is 0 Å². The minimum atomic E-state index is -4.95. The van der Waals surface area contributed by atoms with E-state index in [2.05, 4.69) is 20.9 Å². The van der Waals surface area contributed by atoms with Gasteiger partial charge in [-0.15, -0.1) is 0 Å². The summed E-state index contributed by atoms with van der Waals surface area (Å²) < 4.78 is 86.8. The Kier molecular flexibility index (Phi) is 8.32. The monoisotopic (exact) mass is 618 g/mol. The average molecular weight is 620 g/mol. The molecule has 3 aromatic rings. The van der Waals surface area contributed by atoms with Crippen molar-refractivity contribution < 1.29 is 31.1 Å². The maximum atomic E-state index is 13.7. The number of hydrogen-bond acceptors (Lipinski definition) is 3. The molecule has 0 radical (unpaired) electrons. The molecule has 3 nitrogen and oxygen atoms in total. The van der Waals surface area contributed by atoms with Crippen molar-refractivity contribution in [1.82, 2.24) is 4.90 Å². The second-order valence-corrected chi connectivity index (χ2v) is 10.0. The normalized spacial score (nSPS) is 14.1. The number of ether oxygens (including phenoxy) is 1. The Morgan fingerprint density at radius 1 is 0.947 bits per heavy atom. The number of alkyl halides is 6. The number of amidine groups is 1. The first-order valence-corrected chi connectivity index (χ1v) is 12.7. The predicted molar refractivity (Wildman–Crippen MR) is 138 cm³/mol. The number of hydrogen-bond donors (Lipinski definition) is 0. The Balaban J connectivity index is 1.64. The first kappa shape index (κ1) is 28.3. The van der Waals surface area contributed by atoms with Gasteiger partial charge in [-0.2, -0.15) is 26.3 Å². The van der Waals surface area contributed by atoms with Crippen LogP contribution in [0.25, 0.3) is 0 Å². The molecule has 0 fully saturated rings. The maximum Gasteiger partial charge on any atom is 0.416 e. The third-order valence-corrected chi connectivity index (χ3v) is 7.13. The van der Waals surface area contributed by atoms with Crippen molar-refractivity contribution in [2.75, 3.05) is 20.2 Å². The molecule has 202 valence electrons. The van der Waals surface area contributed by atoms with Gasteiger partial charge in [0.1, 0.15) is 11.6 Å².